The highest BCUT2D eigenvalue weighted by Crippen LogP contribution is 2.40. The molecular formula is C26H29FN4O4. The summed E-state index contributed by atoms with van der Waals surface area (Å²) < 4.78 is 20.0. The molecule has 2 bridgehead atoms. The molecule has 2 aliphatic heterocycles. The Bertz CT molecular complexity index is 1180. The van der Waals surface area contributed by atoms with Crippen LogP contribution in [0.2, 0.25) is 0 Å². The summed E-state index contributed by atoms with van der Waals surface area (Å²) in [6.45, 7) is 1.86. The molecule has 0 spiro atoms. The van der Waals surface area contributed by atoms with Gasteiger partial charge in [0.1, 0.15) is 5.82 Å². The second-order valence-corrected chi connectivity index (χ2v) is 9.74. The number of halogens is 1. The number of carbonyl (C=O) groups is 2. The van der Waals surface area contributed by atoms with Gasteiger partial charge in [-0.1, -0.05) is 12.1 Å². The Balaban J connectivity index is 1.32. The monoisotopic (exact) mass is 480 g/mol. The van der Waals surface area contributed by atoms with Crippen molar-refractivity contribution in [1.29, 1.82) is 0 Å². The molecule has 8 nitrogen and oxygen atoms in total. The maximum atomic E-state index is 13.8. The lowest BCUT2D eigenvalue weighted by molar-refractivity contribution is -0.117. The van der Waals surface area contributed by atoms with Gasteiger partial charge in [0.05, 0.1) is 12.7 Å². The van der Waals surface area contributed by atoms with Crippen molar-refractivity contribution in [2.45, 2.75) is 63.6 Å². The summed E-state index contributed by atoms with van der Waals surface area (Å²) >= 11 is 0. The Morgan fingerprint density at radius 1 is 1.14 bits per heavy atom. The van der Waals surface area contributed by atoms with Crippen LogP contribution >= 0.6 is 0 Å². The van der Waals surface area contributed by atoms with Crippen LogP contribution in [0.15, 0.2) is 35.9 Å². The number of ether oxygens (including phenoxy) is 1. The summed E-state index contributed by atoms with van der Waals surface area (Å²) in [5.74, 6) is -1.06. The van der Waals surface area contributed by atoms with Crippen LogP contribution in [-0.2, 0) is 9.53 Å². The van der Waals surface area contributed by atoms with E-state index in [9.17, 15) is 19.1 Å². The highest BCUT2D eigenvalue weighted by Gasteiger charge is 2.43. The summed E-state index contributed by atoms with van der Waals surface area (Å²) in [6.07, 6.45) is 4.95. The van der Waals surface area contributed by atoms with Crippen LogP contribution in [-0.4, -0.2) is 51.6 Å². The second kappa shape index (κ2) is 9.37. The van der Waals surface area contributed by atoms with E-state index in [0.29, 0.717) is 22.8 Å². The van der Waals surface area contributed by atoms with E-state index in [-0.39, 0.29) is 47.9 Å². The van der Waals surface area contributed by atoms with Crippen LogP contribution in [0.25, 0.3) is 5.70 Å². The molecule has 3 aliphatic rings. The summed E-state index contributed by atoms with van der Waals surface area (Å²) in [6, 6.07) is 7.69. The van der Waals surface area contributed by atoms with E-state index in [1.54, 1.807) is 19.1 Å². The number of aromatic carboxylic acids is 1. The van der Waals surface area contributed by atoms with Crippen LogP contribution in [0, 0.1) is 18.7 Å². The first-order chi connectivity index (χ1) is 16.8. The first kappa shape index (κ1) is 23.4. The van der Waals surface area contributed by atoms with Crippen LogP contribution in [0.1, 0.15) is 60.3 Å². The first-order valence-corrected chi connectivity index (χ1v) is 12.1. The van der Waals surface area contributed by atoms with Crippen molar-refractivity contribution in [2.24, 2.45) is 11.7 Å². The third-order valence-electron chi connectivity index (χ3n) is 7.15. The van der Waals surface area contributed by atoms with E-state index in [1.165, 1.54) is 18.2 Å². The average molecular weight is 481 g/mol. The number of carbonyl (C=O) groups excluding carboxylic acids is 1. The third kappa shape index (κ3) is 4.91. The van der Waals surface area contributed by atoms with E-state index in [0.717, 1.165) is 38.5 Å². The SMILES string of the molecule is Cc1cc(C(=O)O)nc(N2C3CC[C@H]2CC(OCC(C(=O)C2CC2)=C(N)c2cccc(F)c2)C3)n1. The van der Waals surface area contributed by atoms with Crippen LogP contribution < -0.4 is 10.6 Å². The molecule has 2 aromatic rings. The summed E-state index contributed by atoms with van der Waals surface area (Å²) in [4.78, 5) is 35.4. The van der Waals surface area contributed by atoms with E-state index in [2.05, 4.69) is 14.9 Å². The van der Waals surface area contributed by atoms with Crippen LogP contribution in [0.4, 0.5) is 10.3 Å². The molecule has 9 heteroatoms. The molecule has 35 heavy (non-hydrogen) atoms. The molecular weight excluding hydrogens is 451 g/mol. The number of aromatic nitrogens is 2. The van der Waals surface area contributed by atoms with Gasteiger partial charge in [-0.05, 0) is 63.6 Å². The molecule has 5 rings (SSSR count). The Labute approximate surface area is 203 Å². The second-order valence-electron chi connectivity index (χ2n) is 9.74. The van der Waals surface area contributed by atoms with Gasteiger partial charge in [0.25, 0.3) is 0 Å². The number of carboxylic acids is 1. The lowest BCUT2D eigenvalue weighted by Gasteiger charge is -2.39. The largest absolute Gasteiger partial charge is 0.477 e. The minimum absolute atomic E-state index is 0.00790. The minimum Gasteiger partial charge on any atom is -0.477 e. The number of piperidine rings is 1. The first-order valence-electron chi connectivity index (χ1n) is 12.1. The smallest absolute Gasteiger partial charge is 0.354 e. The quantitative estimate of drug-likeness (QED) is 0.551. The molecule has 3 N–H and O–H groups in total. The molecule has 184 valence electrons. The highest BCUT2D eigenvalue weighted by atomic mass is 19.1. The fraction of sp³-hybridized carbons (Fsp3) is 0.462. The number of hydrogen-bond acceptors (Lipinski definition) is 7. The summed E-state index contributed by atoms with van der Waals surface area (Å²) in [5.41, 5.74) is 8.13. The molecule has 3 heterocycles. The molecule has 1 aromatic heterocycles. The van der Waals surface area contributed by atoms with Gasteiger partial charge in [-0.15, -0.1) is 0 Å². The maximum absolute atomic E-state index is 13.8. The Morgan fingerprint density at radius 2 is 1.86 bits per heavy atom. The Morgan fingerprint density at radius 3 is 2.49 bits per heavy atom. The zero-order valence-electron chi connectivity index (χ0n) is 19.6. The third-order valence-corrected chi connectivity index (χ3v) is 7.15. The van der Waals surface area contributed by atoms with E-state index in [4.69, 9.17) is 10.5 Å². The van der Waals surface area contributed by atoms with Crippen molar-refractivity contribution in [3.05, 3.63) is 58.7 Å². The van der Waals surface area contributed by atoms with Gasteiger partial charge in [-0.3, -0.25) is 4.79 Å². The van der Waals surface area contributed by atoms with Crippen molar-refractivity contribution < 1.29 is 23.8 Å². The molecule has 2 saturated heterocycles. The number of carboxylic acid groups (broad SMARTS) is 1. The number of hydrogen-bond donors (Lipinski definition) is 2. The van der Waals surface area contributed by atoms with Gasteiger partial charge < -0.3 is 20.5 Å². The van der Waals surface area contributed by atoms with Gasteiger partial charge in [0.2, 0.25) is 5.95 Å². The van der Waals surface area contributed by atoms with Gasteiger partial charge in [-0.2, -0.15) is 0 Å². The molecule has 0 radical (unpaired) electrons. The number of Topliss-reactive ketones (excluding diaryl/α,β-unsaturated/α-hetero) is 1. The predicted octanol–water partition coefficient (Wildman–Crippen LogP) is 3.49. The van der Waals surface area contributed by atoms with Crippen molar-refractivity contribution in [3.63, 3.8) is 0 Å². The molecule has 3 atom stereocenters. The van der Waals surface area contributed by atoms with Crippen molar-refractivity contribution in [2.75, 3.05) is 11.5 Å². The van der Waals surface area contributed by atoms with E-state index in [1.807, 2.05) is 0 Å². The fourth-order valence-corrected chi connectivity index (χ4v) is 5.27. The number of nitrogens with zero attached hydrogens (tertiary/aromatic N) is 3. The average Bonchev–Trinajstić information content (AvgIpc) is 3.63. The van der Waals surface area contributed by atoms with Gasteiger partial charge in [-0.25, -0.2) is 19.2 Å². The molecule has 1 saturated carbocycles. The number of nitrogens with two attached hydrogens (primary N) is 1. The van der Waals surface area contributed by atoms with Gasteiger partial charge >= 0.3 is 5.97 Å². The van der Waals surface area contributed by atoms with Crippen molar-refractivity contribution in [1.82, 2.24) is 9.97 Å². The Hall–Kier alpha value is -3.33. The normalized spacial score (nSPS) is 24.3. The van der Waals surface area contributed by atoms with Crippen molar-refractivity contribution >= 4 is 23.4 Å². The number of anilines is 1. The zero-order valence-corrected chi connectivity index (χ0v) is 19.6. The lowest BCUT2D eigenvalue weighted by Crippen LogP contribution is -2.46. The van der Waals surface area contributed by atoms with Crippen LogP contribution in [0.3, 0.4) is 0 Å². The molecule has 0 amide bonds. The molecule has 1 aromatic carbocycles. The predicted molar refractivity (Wildman–Crippen MR) is 127 cm³/mol. The topological polar surface area (TPSA) is 119 Å². The molecule has 3 fully saturated rings. The van der Waals surface area contributed by atoms with E-state index < -0.39 is 11.8 Å². The van der Waals surface area contributed by atoms with Gasteiger partial charge in [0, 0.05) is 40.5 Å². The standard InChI is InChI=1S/C26H29FN4O4/c1-14-9-22(25(33)34)30-26(29-14)31-18-7-8-19(31)12-20(11-18)35-13-21(24(32)15-5-6-15)23(28)16-3-2-4-17(27)10-16/h2-4,9-10,15,18-20H,5-8,11-13,28H2,1H3,(H,33,34)/t18-,19?,20?/m0/s1. The Kier molecular flexibility index (Phi) is 6.27. The zero-order chi connectivity index (χ0) is 24.7. The van der Waals surface area contributed by atoms with Crippen LogP contribution in [0.5, 0.6) is 0 Å². The fourth-order valence-electron chi connectivity index (χ4n) is 5.27. The minimum atomic E-state index is -1.07. The van der Waals surface area contributed by atoms with Gasteiger partial charge in [0.15, 0.2) is 11.5 Å². The lowest BCUT2D eigenvalue weighted by atomic mass is 9.99. The summed E-state index contributed by atoms with van der Waals surface area (Å²) in [7, 11) is 0. The summed E-state index contributed by atoms with van der Waals surface area (Å²) in [5, 5.41) is 9.38. The molecule has 1 aliphatic carbocycles. The number of aryl methyl sites for hydroxylation is 1. The number of rotatable bonds is 8. The highest BCUT2D eigenvalue weighted by molar-refractivity contribution is 6.04. The maximum Gasteiger partial charge on any atom is 0.354 e. The number of ketones is 1. The number of benzene rings is 1. The van der Waals surface area contributed by atoms with Crippen molar-refractivity contribution in [3.8, 4) is 0 Å². The number of fused-ring (bicyclic) bond motifs is 2. The molecule has 2 unspecified atom stereocenters. The van der Waals surface area contributed by atoms with E-state index >= 15 is 0 Å².